The number of aryl methyl sites for hydroxylation is 2. The van der Waals surface area contributed by atoms with E-state index >= 15 is 0 Å². The molecule has 0 unspecified atom stereocenters. The fraction of sp³-hybridized carbons (Fsp3) is 0.176. The van der Waals surface area contributed by atoms with Crippen LogP contribution in [0.5, 0.6) is 0 Å². The van der Waals surface area contributed by atoms with Crippen molar-refractivity contribution in [1.29, 1.82) is 0 Å². The molecule has 0 fully saturated rings. The van der Waals surface area contributed by atoms with Gasteiger partial charge in [0, 0.05) is 29.8 Å². The third-order valence-corrected chi connectivity index (χ3v) is 2.72. The largest absolute Gasteiger partial charge is 0.870 e. The van der Waals surface area contributed by atoms with E-state index in [-0.39, 0.29) is 11.0 Å². The molecule has 2 heterocycles. The highest BCUT2D eigenvalue weighted by atomic mass is 16.0. The Morgan fingerprint density at radius 3 is 2.14 bits per heavy atom. The molecule has 2 aromatic heterocycles. The van der Waals surface area contributed by atoms with Gasteiger partial charge in [-0.05, 0) is 19.1 Å². The maximum Gasteiger partial charge on any atom is 0.204 e. The van der Waals surface area contributed by atoms with Crippen molar-refractivity contribution in [2.45, 2.75) is 13.5 Å². The van der Waals surface area contributed by atoms with Gasteiger partial charge in [-0.15, -0.1) is 0 Å². The first-order chi connectivity index (χ1) is 9.21. The minimum absolute atomic E-state index is 0. The summed E-state index contributed by atoms with van der Waals surface area (Å²) in [5, 5.41) is 0. The third kappa shape index (κ3) is 7.15. The minimum atomic E-state index is 0. The Bertz CT molecular complexity index is 554. The van der Waals surface area contributed by atoms with E-state index in [0.29, 0.717) is 0 Å². The summed E-state index contributed by atoms with van der Waals surface area (Å²) in [7, 11) is 1.99. The topological polar surface area (TPSA) is 67.8 Å². The molecule has 0 spiro atoms. The third-order valence-electron chi connectivity index (χ3n) is 2.72. The molecule has 0 bridgehead atoms. The molecule has 0 amide bonds. The minimum Gasteiger partial charge on any atom is -0.870 e. The van der Waals surface area contributed by atoms with Gasteiger partial charge in [0.25, 0.3) is 0 Å². The number of aromatic nitrogens is 2. The van der Waals surface area contributed by atoms with Crippen molar-refractivity contribution in [2.75, 3.05) is 0 Å². The van der Waals surface area contributed by atoms with Gasteiger partial charge in [-0.2, -0.15) is 4.57 Å². The Morgan fingerprint density at radius 2 is 1.71 bits per heavy atom. The van der Waals surface area contributed by atoms with Crippen molar-refractivity contribution in [3.8, 4) is 0 Å². The predicted octanol–water partition coefficient (Wildman–Crippen LogP) is 2.44. The molecule has 0 radical (unpaired) electrons. The van der Waals surface area contributed by atoms with E-state index in [0.717, 1.165) is 12.1 Å². The van der Waals surface area contributed by atoms with Crippen molar-refractivity contribution in [1.82, 2.24) is 0 Å². The summed E-state index contributed by atoms with van der Waals surface area (Å²) < 4.78 is 4.14. The second-order valence-electron chi connectivity index (χ2n) is 4.12. The average molecular weight is 288 g/mol. The van der Waals surface area contributed by atoms with Crippen LogP contribution in [-0.4, -0.2) is 11.0 Å². The molecule has 0 saturated heterocycles. The van der Waals surface area contributed by atoms with Crippen LogP contribution in [0.15, 0.2) is 62.1 Å². The average Bonchev–Trinajstić information content (AvgIpc) is 2.47. The van der Waals surface area contributed by atoms with Crippen LogP contribution >= 0.6 is 0 Å². The molecule has 4 nitrogen and oxygen atoms in total. The lowest BCUT2D eigenvalue weighted by Crippen LogP contribution is -2.34. The van der Waals surface area contributed by atoms with Crippen molar-refractivity contribution >= 4 is 12.2 Å². The van der Waals surface area contributed by atoms with Crippen LogP contribution in [0.4, 0.5) is 0 Å². The maximum absolute atomic E-state index is 3.72. The monoisotopic (exact) mass is 288 g/mol. The Morgan fingerprint density at radius 1 is 1.00 bits per heavy atom. The van der Waals surface area contributed by atoms with Gasteiger partial charge < -0.3 is 11.0 Å². The number of rotatable bonds is 3. The summed E-state index contributed by atoms with van der Waals surface area (Å²) in [5.74, 6) is 0. The zero-order valence-electron chi connectivity index (χ0n) is 12.7. The number of hydrogen-bond donors (Lipinski definition) is 0. The fourth-order valence-corrected chi connectivity index (χ4v) is 1.69. The molecule has 114 valence electrons. The molecular formula is C17H24N2O2. The van der Waals surface area contributed by atoms with Gasteiger partial charge in [-0.3, -0.25) is 0 Å². The van der Waals surface area contributed by atoms with Crippen LogP contribution in [0.2, 0.25) is 0 Å². The summed E-state index contributed by atoms with van der Waals surface area (Å²) >= 11 is 0. The molecule has 0 atom stereocenters. The van der Waals surface area contributed by atoms with E-state index in [2.05, 4.69) is 36.9 Å². The van der Waals surface area contributed by atoms with Crippen LogP contribution in [0.1, 0.15) is 18.2 Å². The molecule has 4 heteroatoms. The lowest BCUT2D eigenvalue weighted by atomic mass is 10.3. The molecule has 2 aromatic rings. The summed E-state index contributed by atoms with van der Waals surface area (Å²) in [6.45, 7) is 10.5. The first-order valence-electron chi connectivity index (χ1n) is 6.40. The molecule has 0 aromatic carbocycles. The van der Waals surface area contributed by atoms with Crippen LogP contribution in [-0.2, 0) is 13.6 Å². The quantitative estimate of drug-likeness (QED) is 0.814. The van der Waals surface area contributed by atoms with Crippen molar-refractivity contribution < 1.29 is 20.1 Å². The van der Waals surface area contributed by atoms with Gasteiger partial charge in [-0.1, -0.05) is 19.2 Å². The van der Waals surface area contributed by atoms with Crippen LogP contribution in [0.25, 0.3) is 12.2 Å². The van der Waals surface area contributed by atoms with E-state index in [9.17, 15) is 0 Å². The zero-order chi connectivity index (χ0) is 14.1. The summed E-state index contributed by atoms with van der Waals surface area (Å²) in [5.41, 5.74) is 2.32. The molecule has 0 aliphatic rings. The highest BCUT2D eigenvalue weighted by molar-refractivity contribution is 5.43. The van der Waals surface area contributed by atoms with Crippen LogP contribution < -0.4 is 9.13 Å². The maximum atomic E-state index is 3.72. The Balaban J connectivity index is 0. The summed E-state index contributed by atoms with van der Waals surface area (Å²) in [6, 6.07) is 10.1. The van der Waals surface area contributed by atoms with Crippen LogP contribution in [0.3, 0.4) is 0 Å². The van der Waals surface area contributed by atoms with Gasteiger partial charge >= 0.3 is 0 Å². The number of nitrogens with zero attached hydrogens (tertiary/aromatic N) is 2. The van der Waals surface area contributed by atoms with E-state index in [1.807, 2.05) is 60.4 Å². The van der Waals surface area contributed by atoms with Crippen molar-refractivity contribution in [3.05, 3.63) is 73.3 Å². The van der Waals surface area contributed by atoms with Crippen LogP contribution in [0, 0.1) is 0 Å². The highest BCUT2D eigenvalue weighted by Gasteiger charge is 1.99. The van der Waals surface area contributed by atoms with Gasteiger partial charge in [0.05, 0.1) is 0 Å². The number of hydrogen-bond acceptors (Lipinski definition) is 2. The fourth-order valence-electron chi connectivity index (χ4n) is 1.69. The Kier molecular flexibility index (Phi) is 11.5. The van der Waals surface area contributed by atoms with Gasteiger partial charge in [0.15, 0.2) is 18.6 Å². The normalized spacial score (nSPS) is 8.29. The van der Waals surface area contributed by atoms with Crippen molar-refractivity contribution in [3.63, 3.8) is 0 Å². The molecule has 0 aliphatic carbocycles. The summed E-state index contributed by atoms with van der Waals surface area (Å²) in [6.07, 6.45) is 9.76. The van der Waals surface area contributed by atoms with Gasteiger partial charge in [0.2, 0.25) is 5.69 Å². The van der Waals surface area contributed by atoms with E-state index in [1.54, 1.807) is 0 Å². The van der Waals surface area contributed by atoms with Crippen molar-refractivity contribution in [2.24, 2.45) is 7.05 Å². The second-order valence-corrected chi connectivity index (χ2v) is 4.12. The van der Waals surface area contributed by atoms with E-state index in [1.165, 1.54) is 5.69 Å². The second kappa shape index (κ2) is 11.5. The smallest absolute Gasteiger partial charge is 0.204 e. The first kappa shape index (κ1) is 21.0. The first-order valence-corrected chi connectivity index (χ1v) is 6.40. The molecule has 2 rings (SSSR count). The van der Waals surface area contributed by atoms with Gasteiger partial charge in [-0.25, -0.2) is 4.57 Å². The predicted molar refractivity (Wildman–Crippen MR) is 84.0 cm³/mol. The highest BCUT2D eigenvalue weighted by Crippen LogP contribution is 1.93. The number of pyridine rings is 2. The molecule has 21 heavy (non-hydrogen) atoms. The lowest BCUT2D eigenvalue weighted by molar-refractivity contribution is -0.695. The molecule has 0 aliphatic heterocycles. The standard InChI is InChI=1S/C9H12N.C8H10N.2H2O/c1-3-9-7-5-6-8-10(9)4-2;1-3-8-5-4-6-9(2)7-8;;/h3,5-8H,1,4H2,2H3;3-7H,1H2,2H3;2*1H2/q2*+1;;/p-2. The molecule has 0 saturated carbocycles. The molecular weight excluding hydrogens is 264 g/mol. The Hall–Kier alpha value is -2.30. The van der Waals surface area contributed by atoms with E-state index in [4.69, 9.17) is 0 Å². The van der Waals surface area contributed by atoms with Gasteiger partial charge in [0.1, 0.15) is 13.6 Å². The summed E-state index contributed by atoms with van der Waals surface area (Å²) in [4.78, 5) is 0. The lowest BCUT2D eigenvalue weighted by Gasteiger charge is -1.93. The SMILES string of the molecule is C=Cc1ccc[n+](C)c1.C=Cc1cccc[n+]1CC.[OH-].[OH-]. The van der Waals surface area contributed by atoms with E-state index < -0.39 is 0 Å². The molecule has 2 N–H and O–H groups in total. The Labute approximate surface area is 126 Å². The zero-order valence-corrected chi connectivity index (χ0v) is 12.7.